The fourth-order valence-electron chi connectivity index (χ4n) is 1.08. The van der Waals surface area contributed by atoms with Crippen molar-refractivity contribution in [3.63, 3.8) is 0 Å². The largest absolute Gasteiger partial charge is 0.810 e. The lowest BCUT2D eigenvalue weighted by Gasteiger charge is -2.30. The molecule has 0 saturated carbocycles. The molecule has 7 heteroatoms. The lowest BCUT2D eigenvalue weighted by Crippen LogP contribution is -2.33. The number of halogens is 2. The van der Waals surface area contributed by atoms with Gasteiger partial charge in [-0.3, -0.25) is 4.79 Å². The summed E-state index contributed by atoms with van der Waals surface area (Å²) in [5, 5.41) is 0. The molecule has 0 saturated heterocycles. The van der Waals surface area contributed by atoms with E-state index >= 15 is 0 Å². The van der Waals surface area contributed by atoms with E-state index in [1.807, 2.05) is 0 Å². The average molecular weight is 248 g/mol. The van der Waals surface area contributed by atoms with Gasteiger partial charge >= 0.3 is 5.92 Å². The molecule has 0 radical (unpaired) electrons. The zero-order valence-electron chi connectivity index (χ0n) is 7.93. The zero-order chi connectivity index (χ0) is 12.4. The number of carbonyl (C=O) groups excluding carboxylic acids is 1. The lowest BCUT2D eigenvalue weighted by molar-refractivity contribution is -0.313. The van der Waals surface area contributed by atoms with Crippen molar-refractivity contribution >= 4 is 13.4 Å². The minimum atomic E-state index is -5.27. The minimum absolute atomic E-state index is 0.631. The second-order valence-electron chi connectivity index (χ2n) is 3.13. The quantitative estimate of drug-likeness (QED) is 0.716. The van der Waals surface area contributed by atoms with Crippen molar-refractivity contribution in [2.24, 2.45) is 0 Å². The number of carbonyl (C=O) groups is 1. The highest BCUT2D eigenvalue weighted by Crippen LogP contribution is 2.34. The van der Waals surface area contributed by atoms with Crippen molar-refractivity contribution in [3.05, 3.63) is 35.9 Å². The molecule has 16 heavy (non-hydrogen) atoms. The monoisotopic (exact) mass is 248 g/mol. The number of rotatable bonds is 4. The van der Waals surface area contributed by atoms with Crippen molar-refractivity contribution in [2.75, 3.05) is 6.16 Å². The van der Waals surface area contributed by atoms with Gasteiger partial charge in [-0.1, -0.05) is 37.9 Å². The molecule has 0 amide bonds. The summed E-state index contributed by atoms with van der Waals surface area (Å²) in [6.45, 7) is 0. The van der Waals surface area contributed by atoms with E-state index in [0.29, 0.717) is 0 Å². The molecular weight excluding hydrogens is 241 g/mol. The van der Waals surface area contributed by atoms with Crippen LogP contribution in [-0.2, 0) is 15.3 Å². The summed E-state index contributed by atoms with van der Waals surface area (Å²) < 4.78 is 36.9. The maximum Gasteiger partial charge on any atom is 0.330 e. The highest BCUT2D eigenvalue weighted by molar-refractivity contribution is 7.49. The number of alkyl halides is 2. The van der Waals surface area contributed by atoms with Crippen molar-refractivity contribution in [1.82, 2.24) is 0 Å². The number of hydrogen-bond acceptors (Lipinski definition) is 4. The van der Waals surface area contributed by atoms with Gasteiger partial charge in [-0.25, -0.2) is 0 Å². The Balaban J connectivity index is 2.95. The molecule has 0 atom stereocenters. The van der Waals surface area contributed by atoms with Gasteiger partial charge in [0.1, 0.15) is 0 Å². The van der Waals surface area contributed by atoms with Gasteiger partial charge in [0.2, 0.25) is 5.78 Å². The van der Waals surface area contributed by atoms with E-state index in [1.54, 1.807) is 0 Å². The van der Waals surface area contributed by atoms with Crippen LogP contribution in [0.15, 0.2) is 30.3 Å². The summed E-state index contributed by atoms with van der Waals surface area (Å²) >= 11 is 0. The molecule has 0 spiro atoms. The van der Waals surface area contributed by atoms with Gasteiger partial charge in [-0.05, 0) is 0 Å². The topological polar surface area (TPSA) is 80.3 Å². The van der Waals surface area contributed by atoms with Crippen LogP contribution >= 0.6 is 7.60 Å². The van der Waals surface area contributed by atoms with Crippen molar-refractivity contribution in [2.45, 2.75) is 5.92 Å². The molecular formula is C9H7F2O4P-2. The van der Waals surface area contributed by atoms with Crippen LogP contribution in [0.1, 0.15) is 5.56 Å². The molecule has 88 valence electrons. The molecule has 0 bridgehead atoms. The second-order valence-corrected chi connectivity index (χ2v) is 4.67. The Labute approximate surface area is 90.1 Å². The predicted octanol–water partition coefficient (Wildman–Crippen LogP) is 0.261. The Bertz CT molecular complexity index is 426. The highest BCUT2D eigenvalue weighted by Gasteiger charge is 2.40. The average Bonchev–Trinajstić information content (AvgIpc) is 2.16. The molecule has 0 N–H and O–H groups in total. The normalized spacial score (nSPS) is 12.5. The molecule has 0 heterocycles. The van der Waals surface area contributed by atoms with Gasteiger partial charge in [0.05, 0.1) is 0 Å². The second kappa shape index (κ2) is 4.41. The summed E-state index contributed by atoms with van der Waals surface area (Å²) in [6, 6.07) is 6.00. The molecule has 0 unspecified atom stereocenters. The summed E-state index contributed by atoms with van der Waals surface area (Å²) in [7, 11) is -5.27. The van der Waals surface area contributed by atoms with E-state index in [-0.39, 0.29) is 0 Å². The molecule has 0 fully saturated rings. The Morgan fingerprint density at radius 1 is 1.25 bits per heavy atom. The van der Waals surface area contributed by atoms with E-state index < -0.39 is 31.0 Å². The number of ketones is 1. The summed E-state index contributed by atoms with van der Waals surface area (Å²) in [5.74, 6) is -5.86. The van der Waals surface area contributed by atoms with Crippen LogP contribution in [-0.4, -0.2) is 11.9 Å². The van der Waals surface area contributed by atoms with Crippen LogP contribution in [0.2, 0.25) is 0 Å². The van der Waals surface area contributed by atoms with Crippen molar-refractivity contribution < 1.29 is 27.9 Å². The number of Topliss-reactive ketones (excluding diaryl/α,β-unsaturated/α-hetero) is 1. The first kappa shape index (κ1) is 13.0. The highest BCUT2D eigenvalue weighted by atomic mass is 31.2. The van der Waals surface area contributed by atoms with Crippen LogP contribution in [0.25, 0.3) is 0 Å². The SMILES string of the molecule is O=C(CP(=O)([O-])[O-])C(F)(F)c1ccccc1. The van der Waals surface area contributed by atoms with Crippen LogP contribution in [0, 0.1) is 0 Å². The third-order valence-corrected chi connectivity index (χ3v) is 2.50. The molecule has 4 nitrogen and oxygen atoms in total. The first-order valence-electron chi connectivity index (χ1n) is 4.21. The summed E-state index contributed by atoms with van der Waals surface area (Å²) in [5.41, 5.74) is -0.631. The van der Waals surface area contributed by atoms with E-state index in [4.69, 9.17) is 0 Å². The van der Waals surface area contributed by atoms with Crippen LogP contribution in [0.3, 0.4) is 0 Å². The molecule has 1 aromatic carbocycles. The molecule has 1 aromatic rings. The Kier molecular flexibility index (Phi) is 3.57. The fraction of sp³-hybridized carbons (Fsp3) is 0.222. The van der Waals surface area contributed by atoms with E-state index in [1.165, 1.54) is 18.2 Å². The number of benzene rings is 1. The third-order valence-electron chi connectivity index (χ3n) is 1.82. The lowest BCUT2D eigenvalue weighted by atomic mass is 10.1. The molecule has 0 aliphatic heterocycles. The van der Waals surface area contributed by atoms with Gasteiger partial charge in [-0.15, -0.1) is 0 Å². The Hall–Kier alpha value is -1.10. The smallest absolute Gasteiger partial charge is 0.330 e. The maximum absolute atomic E-state index is 13.3. The summed E-state index contributed by atoms with van der Waals surface area (Å²) in [4.78, 5) is 31.4. The summed E-state index contributed by atoms with van der Waals surface area (Å²) in [6.07, 6.45) is -1.69. The third kappa shape index (κ3) is 3.20. The van der Waals surface area contributed by atoms with Gasteiger partial charge < -0.3 is 14.4 Å². The van der Waals surface area contributed by atoms with Crippen LogP contribution in [0.5, 0.6) is 0 Å². The van der Waals surface area contributed by atoms with Gasteiger partial charge in [-0.2, -0.15) is 8.78 Å². The standard InChI is InChI=1S/C9H9F2O4P/c10-9(11,7-4-2-1-3-5-7)8(12)6-16(13,14)15/h1-5H,6H2,(H2,13,14,15)/p-2. The Morgan fingerprint density at radius 2 is 1.75 bits per heavy atom. The number of hydrogen-bond donors (Lipinski definition) is 0. The minimum Gasteiger partial charge on any atom is -0.810 e. The van der Waals surface area contributed by atoms with Gasteiger partial charge in [0.25, 0.3) is 0 Å². The predicted molar refractivity (Wildman–Crippen MR) is 47.8 cm³/mol. The zero-order valence-corrected chi connectivity index (χ0v) is 8.82. The van der Waals surface area contributed by atoms with Gasteiger partial charge in [0.15, 0.2) is 0 Å². The molecule has 0 aliphatic rings. The van der Waals surface area contributed by atoms with Crippen molar-refractivity contribution in [1.29, 1.82) is 0 Å². The fourth-order valence-corrected chi connectivity index (χ4v) is 1.63. The molecule has 0 aromatic heterocycles. The van der Waals surface area contributed by atoms with E-state index in [2.05, 4.69) is 0 Å². The van der Waals surface area contributed by atoms with E-state index in [0.717, 1.165) is 12.1 Å². The van der Waals surface area contributed by atoms with Crippen molar-refractivity contribution in [3.8, 4) is 0 Å². The van der Waals surface area contributed by atoms with Crippen LogP contribution in [0.4, 0.5) is 8.78 Å². The maximum atomic E-state index is 13.3. The van der Waals surface area contributed by atoms with Gasteiger partial charge in [0, 0.05) is 11.7 Å². The molecule has 1 rings (SSSR count). The first-order chi connectivity index (χ1) is 7.23. The first-order valence-corrected chi connectivity index (χ1v) is 5.94. The van der Waals surface area contributed by atoms with Crippen LogP contribution < -0.4 is 9.79 Å². The molecule has 0 aliphatic carbocycles. The van der Waals surface area contributed by atoms with E-state index in [9.17, 15) is 27.9 Å². The Morgan fingerprint density at radius 3 is 2.19 bits per heavy atom.